The third-order valence-electron chi connectivity index (χ3n) is 4.11. The molecule has 0 aliphatic heterocycles. The Morgan fingerprint density at radius 2 is 1.35 bits per heavy atom. The molecule has 0 saturated carbocycles. The lowest BCUT2D eigenvalue weighted by molar-refractivity contribution is 0.262. The number of nitrogens with one attached hydrogen (secondary N) is 2. The Morgan fingerprint density at radius 3 is 1.94 bits per heavy atom. The molecule has 0 bridgehead atoms. The highest BCUT2D eigenvalue weighted by molar-refractivity contribution is 6.03. The Morgan fingerprint density at radius 1 is 0.774 bits per heavy atom. The predicted molar refractivity (Wildman–Crippen MR) is 128 cm³/mol. The van der Waals surface area contributed by atoms with Crippen molar-refractivity contribution in [2.45, 2.75) is 27.7 Å². The van der Waals surface area contributed by atoms with Crippen LogP contribution in [0.1, 0.15) is 37.5 Å². The second kappa shape index (κ2) is 10.5. The van der Waals surface area contributed by atoms with E-state index in [-0.39, 0.29) is 12.0 Å². The number of hydrogen-bond acceptors (Lipinski definition) is 5. The van der Waals surface area contributed by atoms with Gasteiger partial charge >= 0.3 is 6.03 Å². The van der Waals surface area contributed by atoms with Crippen molar-refractivity contribution in [2.75, 3.05) is 10.6 Å². The van der Waals surface area contributed by atoms with Gasteiger partial charge in [-0.3, -0.25) is 0 Å². The van der Waals surface area contributed by atoms with Gasteiger partial charge < -0.3 is 27.8 Å². The maximum absolute atomic E-state index is 12.3. The molecule has 0 heterocycles. The summed E-state index contributed by atoms with van der Waals surface area (Å²) in [5, 5.41) is 21.1. The van der Waals surface area contributed by atoms with Crippen LogP contribution >= 0.6 is 0 Å². The van der Waals surface area contributed by atoms with Crippen molar-refractivity contribution in [1.29, 1.82) is 0 Å². The first kappa shape index (κ1) is 23.1. The zero-order valence-electron chi connectivity index (χ0n) is 18.0. The largest absolute Gasteiger partial charge is 0.386 e. The lowest BCUT2D eigenvalue weighted by Gasteiger charge is -2.11. The van der Waals surface area contributed by atoms with E-state index < -0.39 is 0 Å². The molecule has 8 N–H and O–H groups in total. The highest BCUT2D eigenvalue weighted by atomic mass is 16.2. The Balaban J connectivity index is 2.04. The van der Waals surface area contributed by atoms with E-state index in [2.05, 4.69) is 31.0 Å². The molecule has 31 heavy (non-hydrogen) atoms. The van der Waals surface area contributed by atoms with Crippen molar-refractivity contribution in [3.8, 4) is 0 Å². The van der Waals surface area contributed by atoms with Crippen molar-refractivity contribution < 1.29 is 4.79 Å². The molecule has 2 rings (SSSR count). The molecule has 0 saturated heterocycles. The molecule has 0 aliphatic rings. The van der Waals surface area contributed by atoms with Crippen LogP contribution in [0.15, 0.2) is 62.9 Å². The number of carbonyl (C=O) groups is 1. The Bertz CT molecular complexity index is 1060. The lowest BCUT2D eigenvalue weighted by atomic mass is 10.0. The van der Waals surface area contributed by atoms with E-state index >= 15 is 0 Å². The zero-order chi connectivity index (χ0) is 23.0. The molecule has 10 heteroatoms. The maximum Gasteiger partial charge on any atom is 0.323 e. The molecule has 10 nitrogen and oxygen atoms in total. The Kier molecular flexibility index (Phi) is 7.84. The second-order valence-electron chi connectivity index (χ2n) is 6.82. The highest BCUT2D eigenvalue weighted by Crippen LogP contribution is 2.17. The predicted octanol–water partition coefficient (Wildman–Crippen LogP) is 2.74. The number of guanidine groups is 1. The fourth-order valence-corrected chi connectivity index (χ4v) is 2.63. The standard InChI is InChI=1S/C21H27N9O/c1-12-11-18(9-10-19(12)14(3)28-30-20(23)24)26-21(31)25-17-7-5-16(6-8-17)13(2)27-29-15(4)22/h5-11H,1-4H3,(H2,22,29)(H4,23,24,30)(H2,25,26,31)/b27-13-,28-14+. The monoisotopic (exact) mass is 421 g/mol. The average molecular weight is 422 g/mol. The van der Waals surface area contributed by atoms with E-state index in [1.165, 1.54) is 0 Å². The summed E-state index contributed by atoms with van der Waals surface area (Å²) in [6, 6.07) is 12.3. The minimum atomic E-state index is -0.362. The number of nitrogens with zero attached hydrogens (tertiary/aromatic N) is 4. The molecule has 0 spiro atoms. The van der Waals surface area contributed by atoms with E-state index in [4.69, 9.17) is 17.2 Å². The third-order valence-corrected chi connectivity index (χ3v) is 4.11. The molecule has 0 radical (unpaired) electrons. The number of aryl methyl sites for hydroxylation is 1. The topological polar surface area (TPSA) is 169 Å². The summed E-state index contributed by atoms with van der Waals surface area (Å²) in [6.07, 6.45) is 0. The van der Waals surface area contributed by atoms with Gasteiger partial charge in [-0.15, -0.1) is 10.2 Å². The van der Waals surface area contributed by atoms with Crippen LogP contribution in [0, 0.1) is 6.92 Å². The van der Waals surface area contributed by atoms with E-state index in [0.717, 1.165) is 22.4 Å². The van der Waals surface area contributed by atoms with Gasteiger partial charge in [0.05, 0.1) is 11.4 Å². The molecular formula is C21H27N9O. The van der Waals surface area contributed by atoms with Crippen molar-refractivity contribution in [3.05, 3.63) is 59.2 Å². The molecule has 0 atom stereocenters. The van der Waals surface area contributed by atoms with Crippen LogP contribution < -0.4 is 27.8 Å². The van der Waals surface area contributed by atoms with Crippen molar-refractivity contribution in [2.24, 2.45) is 37.6 Å². The average Bonchev–Trinajstić information content (AvgIpc) is 2.70. The van der Waals surface area contributed by atoms with Gasteiger partial charge in [0.1, 0.15) is 5.84 Å². The number of anilines is 2. The van der Waals surface area contributed by atoms with Gasteiger partial charge in [0.2, 0.25) is 5.96 Å². The molecule has 162 valence electrons. The second-order valence-corrected chi connectivity index (χ2v) is 6.82. The molecule has 2 aromatic carbocycles. The summed E-state index contributed by atoms with van der Waals surface area (Å²) in [5.41, 5.74) is 21.4. The molecule has 2 aromatic rings. The van der Waals surface area contributed by atoms with Crippen LogP contribution in [0.5, 0.6) is 0 Å². The Labute approximate surface area is 181 Å². The minimum absolute atomic E-state index is 0.110. The van der Waals surface area contributed by atoms with Crippen molar-refractivity contribution in [3.63, 3.8) is 0 Å². The van der Waals surface area contributed by atoms with Crippen LogP contribution in [0.25, 0.3) is 0 Å². The van der Waals surface area contributed by atoms with E-state index in [0.29, 0.717) is 22.9 Å². The normalized spacial score (nSPS) is 12.3. The smallest absolute Gasteiger partial charge is 0.323 e. The number of carbonyl (C=O) groups excluding carboxylic acids is 1. The number of amidine groups is 1. The van der Waals surface area contributed by atoms with Crippen LogP contribution in [0.4, 0.5) is 16.2 Å². The van der Waals surface area contributed by atoms with Crippen molar-refractivity contribution in [1.82, 2.24) is 0 Å². The summed E-state index contributed by atoms with van der Waals surface area (Å²) in [6.45, 7) is 7.20. The zero-order valence-corrected chi connectivity index (χ0v) is 18.0. The molecule has 2 amide bonds. The summed E-state index contributed by atoms with van der Waals surface area (Å²) >= 11 is 0. The summed E-state index contributed by atoms with van der Waals surface area (Å²) in [4.78, 5) is 12.3. The number of amides is 2. The first-order chi connectivity index (χ1) is 14.7. The van der Waals surface area contributed by atoms with E-state index in [1.54, 1.807) is 32.0 Å². The minimum Gasteiger partial charge on any atom is -0.386 e. The van der Waals surface area contributed by atoms with Gasteiger partial charge in [-0.2, -0.15) is 10.2 Å². The van der Waals surface area contributed by atoms with Crippen molar-refractivity contribution >= 4 is 40.6 Å². The van der Waals surface area contributed by atoms with Gasteiger partial charge in [-0.1, -0.05) is 18.2 Å². The number of nitrogens with two attached hydrogens (primary N) is 3. The SMILES string of the molecule is CC(N)=N/N=C(/C)c1ccc(NC(=O)Nc2ccc(/C(C)=N/N=C(N)N)c(C)c2)cc1. The van der Waals surface area contributed by atoms with E-state index in [1.807, 2.05) is 38.1 Å². The van der Waals surface area contributed by atoms with Gasteiger partial charge in [0, 0.05) is 16.9 Å². The van der Waals surface area contributed by atoms with Gasteiger partial charge in [0.25, 0.3) is 0 Å². The number of rotatable bonds is 6. The molecule has 0 aromatic heterocycles. The first-order valence-electron chi connectivity index (χ1n) is 9.42. The van der Waals surface area contributed by atoms with E-state index in [9.17, 15) is 4.79 Å². The lowest BCUT2D eigenvalue weighted by Crippen LogP contribution is -2.22. The summed E-state index contributed by atoms with van der Waals surface area (Å²) < 4.78 is 0. The number of benzene rings is 2. The molecule has 0 aliphatic carbocycles. The third kappa shape index (κ3) is 7.28. The fraction of sp³-hybridized carbons (Fsp3) is 0.190. The fourth-order valence-electron chi connectivity index (χ4n) is 2.63. The van der Waals surface area contributed by atoms with Gasteiger partial charge in [0.15, 0.2) is 0 Å². The molecule has 0 unspecified atom stereocenters. The highest BCUT2D eigenvalue weighted by Gasteiger charge is 2.07. The molecular weight excluding hydrogens is 394 g/mol. The van der Waals surface area contributed by atoms with Gasteiger partial charge in [-0.25, -0.2) is 4.79 Å². The van der Waals surface area contributed by atoms with Gasteiger partial charge in [-0.05, 0) is 63.1 Å². The quantitative estimate of drug-likeness (QED) is 0.275. The summed E-state index contributed by atoms with van der Waals surface area (Å²) in [5.74, 6) is 0.274. The van der Waals surface area contributed by atoms with Crippen LogP contribution in [-0.2, 0) is 0 Å². The van der Waals surface area contributed by atoms with Crippen LogP contribution in [-0.4, -0.2) is 29.2 Å². The summed E-state index contributed by atoms with van der Waals surface area (Å²) in [7, 11) is 0. The number of urea groups is 1. The number of hydrogen-bond donors (Lipinski definition) is 5. The Hall–Kier alpha value is -4.21. The van der Waals surface area contributed by atoms with Crippen LogP contribution in [0.2, 0.25) is 0 Å². The molecule has 0 fully saturated rings. The first-order valence-corrected chi connectivity index (χ1v) is 9.42. The van der Waals surface area contributed by atoms with Crippen LogP contribution in [0.3, 0.4) is 0 Å². The maximum atomic E-state index is 12.3.